The summed E-state index contributed by atoms with van der Waals surface area (Å²) < 4.78 is 0. The van der Waals surface area contributed by atoms with E-state index in [1.807, 2.05) is 0 Å². The quantitative estimate of drug-likeness (QED) is 0.802. The van der Waals surface area contributed by atoms with Crippen molar-refractivity contribution in [3.8, 4) is 0 Å². The number of aliphatic hydroxyl groups is 1. The Labute approximate surface area is 114 Å². The molecule has 0 bridgehead atoms. The first kappa shape index (κ1) is 13.9. The van der Waals surface area contributed by atoms with Crippen molar-refractivity contribution in [3.63, 3.8) is 0 Å². The summed E-state index contributed by atoms with van der Waals surface area (Å²) in [6.07, 6.45) is 7.17. The van der Waals surface area contributed by atoms with Crippen LogP contribution in [0.25, 0.3) is 0 Å². The van der Waals surface area contributed by atoms with Crippen molar-refractivity contribution in [1.29, 1.82) is 0 Å². The second-order valence-electron chi connectivity index (χ2n) is 5.34. The van der Waals surface area contributed by atoms with Crippen LogP contribution < -0.4 is 5.32 Å². The van der Waals surface area contributed by atoms with Crippen molar-refractivity contribution >= 4 is 11.8 Å². The number of nitrogens with one attached hydrogen (secondary N) is 1. The summed E-state index contributed by atoms with van der Waals surface area (Å²) in [6.45, 7) is 2.24. The number of benzene rings is 1. The van der Waals surface area contributed by atoms with Crippen molar-refractivity contribution in [2.24, 2.45) is 0 Å². The van der Waals surface area contributed by atoms with E-state index in [9.17, 15) is 5.11 Å². The monoisotopic (exact) mass is 265 g/mol. The van der Waals surface area contributed by atoms with E-state index in [-0.39, 0.29) is 12.1 Å². The molecular weight excluding hydrogens is 242 g/mol. The lowest BCUT2D eigenvalue weighted by atomic mass is 9.91. The van der Waals surface area contributed by atoms with Gasteiger partial charge in [0.2, 0.25) is 0 Å². The lowest BCUT2D eigenvalue weighted by Crippen LogP contribution is -2.47. The smallest absolute Gasteiger partial charge is 0.0652 e. The molecule has 1 saturated carbocycles. The van der Waals surface area contributed by atoms with E-state index in [4.69, 9.17) is 0 Å². The second-order valence-corrected chi connectivity index (χ2v) is 6.22. The molecule has 0 heterocycles. The van der Waals surface area contributed by atoms with Crippen LogP contribution in [-0.4, -0.2) is 24.0 Å². The molecule has 1 aromatic carbocycles. The first-order valence-electron chi connectivity index (χ1n) is 6.71. The van der Waals surface area contributed by atoms with Gasteiger partial charge in [-0.15, -0.1) is 11.8 Å². The molecule has 1 unspecified atom stereocenters. The fourth-order valence-corrected chi connectivity index (χ4v) is 3.11. The van der Waals surface area contributed by atoms with E-state index in [0.717, 1.165) is 0 Å². The van der Waals surface area contributed by atoms with Crippen LogP contribution in [0.5, 0.6) is 0 Å². The van der Waals surface area contributed by atoms with Crippen molar-refractivity contribution in [1.82, 2.24) is 5.32 Å². The minimum absolute atomic E-state index is 0.141. The molecule has 100 valence electrons. The molecule has 1 aliphatic rings. The van der Waals surface area contributed by atoms with Gasteiger partial charge < -0.3 is 10.4 Å². The summed E-state index contributed by atoms with van der Waals surface area (Å²) >= 11 is 1.75. The highest BCUT2D eigenvalue weighted by Gasteiger charge is 2.29. The average Bonchev–Trinajstić information content (AvgIpc) is 2.91. The van der Waals surface area contributed by atoms with E-state index in [1.165, 1.54) is 36.1 Å². The van der Waals surface area contributed by atoms with E-state index in [1.54, 1.807) is 11.8 Å². The van der Waals surface area contributed by atoms with Gasteiger partial charge in [0.25, 0.3) is 0 Å². The predicted molar refractivity (Wildman–Crippen MR) is 78.1 cm³/mol. The van der Waals surface area contributed by atoms with E-state index in [0.29, 0.717) is 6.04 Å². The molecule has 2 rings (SSSR count). The molecule has 2 N–H and O–H groups in total. The zero-order valence-electron chi connectivity index (χ0n) is 11.3. The Hall–Kier alpha value is -0.510. The van der Waals surface area contributed by atoms with Gasteiger partial charge in [0.15, 0.2) is 0 Å². The van der Waals surface area contributed by atoms with Gasteiger partial charge in [-0.2, -0.15) is 0 Å². The van der Waals surface area contributed by atoms with Crippen molar-refractivity contribution in [3.05, 3.63) is 29.8 Å². The minimum atomic E-state index is -0.314. The van der Waals surface area contributed by atoms with Gasteiger partial charge in [0.05, 0.1) is 12.1 Å². The molecule has 2 nitrogen and oxygen atoms in total. The maximum Gasteiger partial charge on any atom is 0.0652 e. The summed E-state index contributed by atoms with van der Waals surface area (Å²) in [4.78, 5) is 1.26. The van der Waals surface area contributed by atoms with Gasteiger partial charge >= 0.3 is 0 Å². The van der Waals surface area contributed by atoms with Crippen LogP contribution in [0, 0.1) is 0 Å². The highest BCUT2D eigenvalue weighted by molar-refractivity contribution is 7.98. The van der Waals surface area contributed by atoms with Crippen LogP contribution in [-0.2, 0) is 5.54 Å². The number of hydrogen-bond donors (Lipinski definition) is 2. The van der Waals surface area contributed by atoms with Crippen LogP contribution in [0.4, 0.5) is 0 Å². The molecule has 0 saturated heterocycles. The Balaban J connectivity index is 2.13. The third kappa shape index (κ3) is 3.08. The predicted octanol–water partition coefficient (Wildman–Crippen LogP) is 3.15. The van der Waals surface area contributed by atoms with Crippen molar-refractivity contribution < 1.29 is 5.11 Å². The molecular formula is C15H23NOS. The third-order valence-electron chi connectivity index (χ3n) is 3.92. The van der Waals surface area contributed by atoms with Gasteiger partial charge in [0, 0.05) is 10.9 Å². The molecule has 0 spiro atoms. The van der Waals surface area contributed by atoms with Gasteiger partial charge in [0.1, 0.15) is 0 Å². The fraction of sp³-hybridized carbons (Fsp3) is 0.600. The Morgan fingerprint density at radius 2 is 1.89 bits per heavy atom. The summed E-state index contributed by atoms with van der Waals surface area (Å²) in [5, 5.41) is 13.4. The first-order chi connectivity index (χ1) is 8.68. The van der Waals surface area contributed by atoms with Crippen LogP contribution in [0.1, 0.15) is 38.2 Å². The normalized spacial score (nSPS) is 19.9. The summed E-state index contributed by atoms with van der Waals surface area (Å²) in [6, 6.07) is 9.07. The lowest BCUT2D eigenvalue weighted by Gasteiger charge is -2.33. The first-order valence-corrected chi connectivity index (χ1v) is 7.93. The standard InChI is InChI=1S/C15H23NOS/c1-15(11-17,16-13-5-3-4-6-13)12-7-9-14(18-2)10-8-12/h7-10,13,16-17H,3-6,11H2,1-2H3. The third-order valence-corrected chi connectivity index (χ3v) is 4.66. The molecule has 18 heavy (non-hydrogen) atoms. The number of aliphatic hydroxyl groups excluding tert-OH is 1. The highest BCUT2D eigenvalue weighted by Crippen LogP contribution is 2.27. The molecule has 0 amide bonds. The van der Waals surface area contributed by atoms with E-state index in [2.05, 4.69) is 42.8 Å². The van der Waals surface area contributed by atoms with Gasteiger partial charge in [-0.25, -0.2) is 0 Å². The number of rotatable bonds is 5. The molecule has 1 aliphatic carbocycles. The van der Waals surface area contributed by atoms with Crippen molar-refractivity contribution in [2.75, 3.05) is 12.9 Å². The minimum Gasteiger partial charge on any atom is -0.394 e. The topological polar surface area (TPSA) is 32.3 Å². The van der Waals surface area contributed by atoms with Gasteiger partial charge in [-0.3, -0.25) is 0 Å². The lowest BCUT2D eigenvalue weighted by molar-refractivity contribution is 0.161. The van der Waals surface area contributed by atoms with Crippen LogP contribution in [0.3, 0.4) is 0 Å². The zero-order valence-corrected chi connectivity index (χ0v) is 12.1. The zero-order chi connectivity index (χ0) is 13.0. The maximum atomic E-state index is 9.76. The molecule has 0 aromatic heterocycles. The molecule has 3 heteroatoms. The van der Waals surface area contributed by atoms with Crippen LogP contribution in [0.2, 0.25) is 0 Å². The highest BCUT2D eigenvalue weighted by atomic mass is 32.2. The SMILES string of the molecule is CSc1ccc(C(C)(CO)NC2CCCC2)cc1. The molecule has 0 radical (unpaired) electrons. The van der Waals surface area contributed by atoms with Crippen LogP contribution >= 0.6 is 11.8 Å². The Morgan fingerprint density at radius 3 is 2.39 bits per heavy atom. The molecule has 0 aliphatic heterocycles. The Kier molecular flexibility index (Phi) is 4.71. The summed E-state index contributed by atoms with van der Waals surface area (Å²) in [7, 11) is 0. The fourth-order valence-electron chi connectivity index (χ4n) is 2.70. The molecule has 1 fully saturated rings. The Morgan fingerprint density at radius 1 is 1.28 bits per heavy atom. The van der Waals surface area contributed by atoms with Gasteiger partial charge in [-0.05, 0) is 43.7 Å². The molecule has 1 atom stereocenters. The number of hydrogen-bond acceptors (Lipinski definition) is 3. The van der Waals surface area contributed by atoms with E-state index >= 15 is 0 Å². The number of thioether (sulfide) groups is 1. The van der Waals surface area contributed by atoms with Crippen molar-refractivity contribution in [2.45, 2.75) is 49.1 Å². The second kappa shape index (κ2) is 6.09. The Bertz CT molecular complexity index is 373. The largest absolute Gasteiger partial charge is 0.394 e. The van der Waals surface area contributed by atoms with E-state index < -0.39 is 0 Å². The van der Waals surface area contributed by atoms with Crippen LogP contribution in [0.15, 0.2) is 29.2 Å². The average molecular weight is 265 g/mol. The molecule has 1 aromatic rings. The summed E-state index contributed by atoms with van der Waals surface area (Å²) in [5.41, 5.74) is 0.862. The summed E-state index contributed by atoms with van der Waals surface area (Å²) in [5.74, 6) is 0. The van der Waals surface area contributed by atoms with Gasteiger partial charge in [-0.1, -0.05) is 25.0 Å². The maximum absolute atomic E-state index is 9.76.